The van der Waals surface area contributed by atoms with E-state index >= 15 is 0 Å². The van der Waals surface area contributed by atoms with Crippen molar-refractivity contribution in [3.8, 4) is 11.6 Å². The van der Waals surface area contributed by atoms with Crippen molar-refractivity contribution in [2.24, 2.45) is 17.3 Å². The van der Waals surface area contributed by atoms with E-state index in [1.165, 1.54) is 4.90 Å². The van der Waals surface area contributed by atoms with E-state index in [2.05, 4.69) is 16.3 Å². The molecule has 6 rings (SSSR count). The molecule has 1 aliphatic heterocycles. The minimum Gasteiger partial charge on any atom is -0.497 e. The van der Waals surface area contributed by atoms with Gasteiger partial charge in [0.15, 0.2) is 11.6 Å². The average Bonchev–Trinajstić information content (AvgIpc) is 4.04. The van der Waals surface area contributed by atoms with E-state index in [4.69, 9.17) is 14.2 Å². The van der Waals surface area contributed by atoms with E-state index in [9.17, 15) is 32.4 Å². The first-order valence-corrected chi connectivity index (χ1v) is 20.6. The van der Waals surface area contributed by atoms with Crippen LogP contribution in [0.3, 0.4) is 0 Å². The lowest BCUT2D eigenvalue weighted by Crippen LogP contribution is -2.46. The van der Waals surface area contributed by atoms with Crippen LogP contribution in [0, 0.1) is 17.3 Å². The molecule has 0 radical (unpaired) electrons. The largest absolute Gasteiger partial charge is 0.497 e. The number of carbonyl (C=O) groups is 5. The number of hydrogen-bond donors (Lipinski definition) is 1. The van der Waals surface area contributed by atoms with Gasteiger partial charge in [0.25, 0.3) is 0 Å². The van der Waals surface area contributed by atoms with E-state index in [-0.39, 0.29) is 50.9 Å². The normalized spacial score (nSPS) is 24.0. The first-order valence-electron chi connectivity index (χ1n) is 19.1. The second kappa shape index (κ2) is 15.9. The van der Waals surface area contributed by atoms with Crippen LogP contribution in [0.1, 0.15) is 91.4 Å². The fraction of sp³-hybridized carbons (Fsp3) is 0.561. The van der Waals surface area contributed by atoms with Gasteiger partial charge in [-0.25, -0.2) is 13.4 Å². The van der Waals surface area contributed by atoms with Crippen molar-refractivity contribution < 1.29 is 46.6 Å². The Labute approximate surface area is 322 Å². The Morgan fingerprint density at radius 2 is 1.87 bits per heavy atom. The second-order valence-corrected chi connectivity index (χ2v) is 18.3. The summed E-state index contributed by atoms with van der Waals surface area (Å²) in [4.78, 5) is 74.6. The number of allylic oxidation sites excluding steroid dienone is 3. The maximum absolute atomic E-state index is 14.6. The third-order valence-corrected chi connectivity index (χ3v) is 12.8. The first kappa shape index (κ1) is 40.1. The number of fused-ring (bicyclic) bond motifs is 1. The Morgan fingerprint density at radius 1 is 1.13 bits per heavy atom. The number of ether oxygens (including phenoxy) is 3. The molecule has 55 heavy (non-hydrogen) atoms. The summed E-state index contributed by atoms with van der Waals surface area (Å²) in [6.45, 7) is 8.94. The first-order chi connectivity index (χ1) is 26.0. The standard InChI is InChI=1S/C41H51N3O10S/c1-6-28-22-41(28,39(49)43-55(50,51)32-13-14-32)23-35(46)34-21-31(53-37-33-15-12-30(52-5)19-26(33)16-17-42-37)24-44(34)38(48)27(20-36(47)54-40(2,3)4)10-11-29(45)18-25-8-7-9-25/h6,12,15-19,27-28,31-32,34H,1,7-11,13-14,20-24H2,2-5H3,(H,43,49)/t27-,28-,31-,34+,41-/m1/s1. The Bertz CT molecular complexity index is 2010. The number of Topliss-reactive ketones (excluding diaryl/α,β-unsaturated/α-hetero) is 1. The molecule has 0 bridgehead atoms. The molecule has 296 valence electrons. The number of esters is 1. The smallest absolute Gasteiger partial charge is 0.307 e. The van der Waals surface area contributed by atoms with Crippen molar-refractivity contribution in [3.05, 3.63) is 54.8 Å². The van der Waals surface area contributed by atoms with Gasteiger partial charge in [0.2, 0.25) is 27.7 Å². The zero-order valence-corrected chi connectivity index (χ0v) is 32.8. The van der Waals surface area contributed by atoms with Crippen LogP contribution in [-0.4, -0.2) is 84.3 Å². The highest BCUT2D eigenvalue weighted by Crippen LogP contribution is 2.57. The van der Waals surface area contributed by atoms with Crippen molar-refractivity contribution in [1.29, 1.82) is 0 Å². The van der Waals surface area contributed by atoms with Crippen LogP contribution < -0.4 is 14.2 Å². The van der Waals surface area contributed by atoms with E-state index in [0.717, 1.165) is 30.2 Å². The number of aromatic nitrogens is 1. The fourth-order valence-corrected chi connectivity index (χ4v) is 8.91. The maximum Gasteiger partial charge on any atom is 0.307 e. The lowest BCUT2D eigenvalue weighted by Gasteiger charge is -2.29. The molecule has 0 unspecified atom stereocenters. The predicted molar refractivity (Wildman–Crippen MR) is 203 cm³/mol. The molecule has 0 spiro atoms. The molecule has 1 aromatic heterocycles. The summed E-state index contributed by atoms with van der Waals surface area (Å²) in [5.41, 5.74) is -1.09. The molecule has 5 atom stereocenters. The zero-order valence-electron chi connectivity index (χ0n) is 32.0. The van der Waals surface area contributed by atoms with Gasteiger partial charge in [0.05, 0.1) is 36.8 Å². The van der Waals surface area contributed by atoms with Crippen molar-refractivity contribution in [2.45, 2.75) is 114 Å². The molecule has 3 aliphatic carbocycles. The van der Waals surface area contributed by atoms with Gasteiger partial charge in [-0.2, -0.15) is 0 Å². The molecule has 4 fully saturated rings. The number of benzene rings is 1. The van der Waals surface area contributed by atoms with Crippen molar-refractivity contribution in [3.63, 3.8) is 0 Å². The van der Waals surface area contributed by atoms with Crippen LogP contribution >= 0.6 is 0 Å². The summed E-state index contributed by atoms with van der Waals surface area (Å²) < 4.78 is 45.1. The molecule has 2 amide bonds. The molecule has 2 heterocycles. The number of nitrogens with one attached hydrogen (secondary N) is 1. The summed E-state index contributed by atoms with van der Waals surface area (Å²) in [6, 6.07) is 6.16. The molecule has 13 nitrogen and oxygen atoms in total. The third kappa shape index (κ3) is 9.45. The van der Waals surface area contributed by atoms with Gasteiger partial charge in [0.1, 0.15) is 17.5 Å². The fourth-order valence-electron chi connectivity index (χ4n) is 7.52. The van der Waals surface area contributed by atoms with E-state index in [1.54, 1.807) is 52.3 Å². The Balaban J connectivity index is 1.28. The van der Waals surface area contributed by atoms with Crippen LogP contribution in [0.5, 0.6) is 11.6 Å². The number of nitrogens with zero attached hydrogens (tertiary/aromatic N) is 2. The number of ketones is 2. The van der Waals surface area contributed by atoms with Crippen LogP contribution in [0.4, 0.5) is 0 Å². The monoisotopic (exact) mass is 777 g/mol. The molecule has 1 aromatic carbocycles. The van der Waals surface area contributed by atoms with Crippen LogP contribution in [0.15, 0.2) is 54.8 Å². The van der Waals surface area contributed by atoms with Gasteiger partial charge >= 0.3 is 5.97 Å². The summed E-state index contributed by atoms with van der Waals surface area (Å²) in [5.74, 6) is -2.94. The molecule has 2 aromatic rings. The number of likely N-dealkylation sites (tertiary alicyclic amines) is 1. The minimum absolute atomic E-state index is 0.0260. The van der Waals surface area contributed by atoms with Gasteiger partial charge in [-0.3, -0.25) is 28.7 Å². The number of methoxy groups -OCH3 is 1. The number of sulfonamides is 1. The number of carbonyl (C=O) groups excluding carboxylic acids is 5. The molecular formula is C41H51N3O10S. The quantitative estimate of drug-likeness (QED) is 0.128. The van der Waals surface area contributed by atoms with Crippen LogP contribution in [0.2, 0.25) is 0 Å². The van der Waals surface area contributed by atoms with Crippen molar-refractivity contribution in [1.82, 2.24) is 14.6 Å². The highest BCUT2D eigenvalue weighted by molar-refractivity contribution is 7.90. The van der Waals surface area contributed by atoms with Crippen LogP contribution in [0.25, 0.3) is 10.8 Å². The van der Waals surface area contributed by atoms with E-state index < -0.39 is 73.8 Å². The van der Waals surface area contributed by atoms with Gasteiger partial charge in [-0.1, -0.05) is 11.6 Å². The Morgan fingerprint density at radius 3 is 2.49 bits per heavy atom. The van der Waals surface area contributed by atoms with Gasteiger partial charge in [-0.05, 0) is 107 Å². The number of amides is 2. The highest BCUT2D eigenvalue weighted by atomic mass is 32.2. The lowest BCUT2D eigenvalue weighted by molar-refractivity contribution is -0.159. The van der Waals surface area contributed by atoms with Crippen molar-refractivity contribution in [2.75, 3.05) is 13.7 Å². The Kier molecular flexibility index (Phi) is 11.6. The SMILES string of the molecule is C=C[C@@H]1C[C@]1(CC(=O)[C@@H]1C[C@@H](Oc2nccc3cc(OC)ccc23)CN1C(=O)[C@H](CCC(=O)C=C1CCC1)CC(=O)OC(C)(C)C)C(=O)NS(=O)(=O)C1CC1. The molecule has 1 saturated heterocycles. The summed E-state index contributed by atoms with van der Waals surface area (Å²) in [6.07, 6.45) is 7.48. The number of pyridine rings is 1. The van der Waals surface area contributed by atoms with E-state index in [1.807, 2.05) is 18.2 Å². The lowest BCUT2D eigenvalue weighted by atomic mass is 9.89. The topological polar surface area (TPSA) is 175 Å². The molecular weight excluding hydrogens is 727 g/mol. The summed E-state index contributed by atoms with van der Waals surface area (Å²) in [5, 5.41) is 0.866. The highest BCUT2D eigenvalue weighted by Gasteiger charge is 2.61. The molecule has 1 N–H and O–H groups in total. The number of hydrogen-bond acceptors (Lipinski definition) is 11. The minimum atomic E-state index is -3.88. The Hall–Kier alpha value is -4.59. The second-order valence-electron chi connectivity index (χ2n) is 16.4. The molecule has 14 heteroatoms. The molecule has 3 saturated carbocycles. The zero-order chi connectivity index (χ0) is 39.7. The summed E-state index contributed by atoms with van der Waals surface area (Å²) in [7, 11) is -2.31. The molecule has 4 aliphatic rings. The maximum atomic E-state index is 14.6. The van der Waals surface area contributed by atoms with Gasteiger partial charge < -0.3 is 19.1 Å². The van der Waals surface area contributed by atoms with Crippen LogP contribution in [-0.2, 0) is 38.7 Å². The predicted octanol–water partition coefficient (Wildman–Crippen LogP) is 5.16. The van der Waals surface area contributed by atoms with Gasteiger partial charge in [0, 0.05) is 36.8 Å². The van der Waals surface area contributed by atoms with Crippen molar-refractivity contribution >= 4 is 50.1 Å². The average molecular weight is 778 g/mol. The van der Waals surface area contributed by atoms with Gasteiger partial charge in [-0.15, -0.1) is 6.58 Å². The third-order valence-electron chi connectivity index (χ3n) is 11.0. The summed E-state index contributed by atoms with van der Waals surface area (Å²) >= 11 is 0. The van der Waals surface area contributed by atoms with E-state index in [0.29, 0.717) is 29.9 Å². The number of rotatable bonds is 17.